The SMILES string of the molecule is CNc1ccc(C)cc1.O=CNCc1ccncc1. The summed E-state index contributed by atoms with van der Waals surface area (Å²) in [6.45, 7) is 2.66. The van der Waals surface area contributed by atoms with Crippen LogP contribution in [0.3, 0.4) is 0 Å². The second-order valence-electron chi connectivity index (χ2n) is 3.97. The first-order chi connectivity index (χ1) is 9.26. The van der Waals surface area contributed by atoms with Crippen molar-refractivity contribution in [2.45, 2.75) is 13.5 Å². The van der Waals surface area contributed by atoms with Gasteiger partial charge in [-0.25, -0.2) is 0 Å². The van der Waals surface area contributed by atoms with Gasteiger partial charge in [0, 0.05) is 31.7 Å². The third kappa shape index (κ3) is 6.21. The first-order valence-electron chi connectivity index (χ1n) is 6.06. The van der Waals surface area contributed by atoms with Crippen LogP contribution >= 0.6 is 0 Å². The number of aromatic nitrogens is 1. The summed E-state index contributed by atoms with van der Waals surface area (Å²) in [4.78, 5) is 13.7. The number of rotatable bonds is 4. The number of nitrogens with zero attached hydrogens (tertiary/aromatic N) is 1. The highest BCUT2D eigenvalue weighted by Gasteiger charge is 1.86. The molecule has 4 heteroatoms. The number of carbonyl (C=O) groups excluding carboxylic acids is 1. The Morgan fingerprint density at radius 3 is 2.26 bits per heavy atom. The summed E-state index contributed by atoms with van der Waals surface area (Å²) in [5.74, 6) is 0. The number of hydrogen-bond acceptors (Lipinski definition) is 3. The van der Waals surface area contributed by atoms with E-state index >= 15 is 0 Å². The monoisotopic (exact) mass is 257 g/mol. The Morgan fingerprint density at radius 2 is 1.74 bits per heavy atom. The van der Waals surface area contributed by atoms with Crippen LogP contribution in [0.5, 0.6) is 0 Å². The number of pyridine rings is 1. The smallest absolute Gasteiger partial charge is 0.207 e. The van der Waals surface area contributed by atoms with Crippen LogP contribution in [0.15, 0.2) is 48.8 Å². The maximum absolute atomic E-state index is 9.85. The van der Waals surface area contributed by atoms with Gasteiger partial charge in [0.1, 0.15) is 0 Å². The molecule has 4 nitrogen and oxygen atoms in total. The number of anilines is 1. The largest absolute Gasteiger partial charge is 0.388 e. The predicted molar refractivity (Wildman–Crippen MR) is 77.9 cm³/mol. The predicted octanol–water partition coefficient (Wildman–Crippen LogP) is 2.36. The number of amides is 1. The molecule has 0 saturated carbocycles. The van der Waals surface area contributed by atoms with E-state index in [1.54, 1.807) is 12.4 Å². The molecule has 1 amide bonds. The van der Waals surface area contributed by atoms with Gasteiger partial charge in [-0.3, -0.25) is 9.78 Å². The minimum atomic E-state index is 0.575. The maximum atomic E-state index is 9.85. The van der Waals surface area contributed by atoms with Crippen LogP contribution < -0.4 is 10.6 Å². The van der Waals surface area contributed by atoms with E-state index in [-0.39, 0.29) is 0 Å². The molecule has 0 saturated heterocycles. The van der Waals surface area contributed by atoms with Gasteiger partial charge in [0.25, 0.3) is 0 Å². The highest BCUT2D eigenvalue weighted by Crippen LogP contribution is 2.06. The molecule has 0 unspecified atom stereocenters. The molecule has 1 heterocycles. The van der Waals surface area contributed by atoms with Crippen molar-refractivity contribution in [1.29, 1.82) is 0 Å². The number of benzene rings is 1. The van der Waals surface area contributed by atoms with Crippen molar-refractivity contribution in [3.05, 3.63) is 59.9 Å². The summed E-state index contributed by atoms with van der Waals surface area (Å²) < 4.78 is 0. The van der Waals surface area contributed by atoms with E-state index in [2.05, 4.69) is 46.8 Å². The average molecular weight is 257 g/mol. The van der Waals surface area contributed by atoms with Crippen LogP contribution in [0.1, 0.15) is 11.1 Å². The van der Waals surface area contributed by atoms with Crippen LogP contribution in [0.25, 0.3) is 0 Å². The second-order valence-corrected chi connectivity index (χ2v) is 3.97. The summed E-state index contributed by atoms with van der Waals surface area (Å²) in [6.07, 6.45) is 4.07. The highest BCUT2D eigenvalue weighted by molar-refractivity contribution is 5.46. The van der Waals surface area contributed by atoms with E-state index in [1.165, 1.54) is 11.3 Å². The van der Waals surface area contributed by atoms with Crippen LogP contribution in [-0.4, -0.2) is 18.4 Å². The molecule has 2 aromatic rings. The summed E-state index contributed by atoms with van der Waals surface area (Å²) in [5, 5.41) is 5.61. The van der Waals surface area contributed by atoms with Gasteiger partial charge in [-0.15, -0.1) is 0 Å². The number of aryl methyl sites for hydroxylation is 1. The molecule has 0 spiro atoms. The molecule has 0 fully saturated rings. The third-order valence-electron chi connectivity index (χ3n) is 2.48. The molecule has 0 atom stereocenters. The van der Waals surface area contributed by atoms with E-state index in [4.69, 9.17) is 0 Å². The fourth-order valence-corrected chi connectivity index (χ4v) is 1.38. The third-order valence-corrected chi connectivity index (χ3v) is 2.48. The van der Waals surface area contributed by atoms with Crippen molar-refractivity contribution >= 4 is 12.1 Å². The Balaban J connectivity index is 0.000000191. The Bertz CT molecular complexity index is 469. The van der Waals surface area contributed by atoms with Gasteiger partial charge in [0.2, 0.25) is 6.41 Å². The molecule has 2 N–H and O–H groups in total. The minimum Gasteiger partial charge on any atom is -0.388 e. The minimum absolute atomic E-state index is 0.575. The van der Waals surface area contributed by atoms with Crippen LogP contribution in [0.2, 0.25) is 0 Å². The molecule has 0 radical (unpaired) electrons. The molecule has 0 bridgehead atoms. The Kier molecular flexibility index (Phi) is 6.72. The molecule has 19 heavy (non-hydrogen) atoms. The zero-order chi connectivity index (χ0) is 13.9. The van der Waals surface area contributed by atoms with Crippen molar-refractivity contribution in [1.82, 2.24) is 10.3 Å². The summed E-state index contributed by atoms with van der Waals surface area (Å²) in [7, 11) is 1.92. The first-order valence-corrected chi connectivity index (χ1v) is 6.06. The fraction of sp³-hybridized carbons (Fsp3) is 0.200. The summed E-state index contributed by atoms with van der Waals surface area (Å²) in [6, 6.07) is 12.0. The lowest BCUT2D eigenvalue weighted by Gasteiger charge is -1.97. The maximum Gasteiger partial charge on any atom is 0.207 e. The number of nitrogens with one attached hydrogen (secondary N) is 2. The Labute approximate surface area is 113 Å². The van der Waals surface area contributed by atoms with Crippen LogP contribution in [0, 0.1) is 6.92 Å². The van der Waals surface area contributed by atoms with Crippen molar-refractivity contribution in [2.75, 3.05) is 12.4 Å². The van der Waals surface area contributed by atoms with Gasteiger partial charge in [0.15, 0.2) is 0 Å². The van der Waals surface area contributed by atoms with Gasteiger partial charge < -0.3 is 10.6 Å². The second kappa shape index (κ2) is 8.69. The topological polar surface area (TPSA) is 54.0 Å². The van der Waals surface area contributed by atoms with Crippen molar-refractivity contribution < 1.29 is 4.79 Å². The van der Waals surface area contributed by atoms with E-state index < -0.39 is 0 Å². The summed E-state index contributed by atoms with van der Waals surface area (Å²) >= 11 is 0. The zero-order valence-electron chi connectivity index (χ0n) is 11.3. The normalized spacial score (nSPS) is 8.95. The number of hydrogen-bond donors (Lipinski definition) is 2. The van der Waals surface area contributed by atoms with E-state index in [0.717, 1.165) is 5.56 Å². The molecule has 0 aliphatic rings. The lowest BCUT2D eigenvalue weighted by atomic mass is 10.2. The molecule has 2 rings (SSSR count). The first kappa shape index (κ1) is 14.7. The van der Waals surface area contributed by atoms with Gasteiger partial charge >= 0.3 is 0 Å². The fourth-order valence-electron chi connectivity index (χ4n) is 1.38. The quantitative estimate of drug-likeness (QED) is 0.827. The lowest BCUT2D eigenvalue weighted by molar-refractivity contribution is -0.109. The zero-order valence-corrected chi connectivity index (χ0v) is 11.3. The van der Waals surface area contributed by atoms with Gasteiger partial charge in [-0.2, -0.15) is 0 Å². The van der Waals surface area contributed by atoms with Crippen molar-refractivity contribution in [3.63, 3.8) is 0 Å². The summed E-state index contributed by atoms with van der Waals surface area (Å²) in [5.41, 5.74) is 3.52. The molecule has 0 aliphatic carbocycles. The molecular formula is C15H19N3O. The standard InChI is InChI=1S/C8H11N.C7H8N2O/c1-7-3-5-8(9-2)6-4-7;10-6-9-5-7-1-3-8-4-2-7/h3-6,9H,1-2H3;1-4,6H,5H2,(H,9,10). The van der Waals surface area contributed by atoms with Crippen LogP contribution in [-0.2, 0) is 11.3 Å². The van der Waals surface area contributed by atoms with E-state index in [1.807, 2.05) is 19.2 Å². The van der Waals surface area contributed by atoms with Gasteiger partial charge in [0.05, 0.1) is 0 Å². The molecule has 100 valence electrons. The molecule has 0 aliphatic heterocycles. The van der Waals surface area contributed by atoms with Crippen molar-refractivity contribution in [2.24, 2.45) is 0 Å². The molecule has 1 aromatic heterocycles. The Hall–Kier alpha value is -2.36. The van der Waals surface area contributed by atoms with Crippen LogP contribution in [0.4, 0.5) is 5.69 Å². The van der Waals surface area contributed by atoms with E-state index in [0.29, 0.717) is 13.0 Å². The lowest BCUT2D eigenvalue weighted by Crippen LogP contribution is -2.09. The Morgan fingerprint density at radius 1 is 1.11 bits per heavy atom. The molecule has 1 aromatic carbocycles. The van der Waals surface area contributed by atoms with E-state index in [9.17, 15) is 4.79 Å². The molecular weight excluding hydrogens is 238 g/mol. The van der Waals surface area contributed by atoms with Crippen molar-refractivity contribution in [3.8, 4) is 0 Å². The average Bonchev–Trinajstić information content (AvgIpc) is 2.48. The number of carbonyl (C=O) groups is 1. The van der Waals surface area contributed by atoms with Gasteiger partial charge in [-0.05, 0) is 36.8 Å². The highest BCUT2D eigenvalue weighted by atomic mass is 16.1. The van der Waals surface area contributed by atoms with Gasteiger partial charge in [-0.1, -0.05) is 17.7 Å².